The van der Waals surface area contributed by atoms with E-state index in [0.717, 1.165) is 17.6 Å². The molecule has 0 unspecified atom stereocenters. The van der Waals surface area contributed by atoms with Gasteiger partial charge in [0.25, 0.3) is 5.91 Å². The Morgan fingerprint density at radius 1 is 1.23 bits per heavy atom. The van der Waals surface area contributed by atoms with Crippen LogP contribution in [0.5, 0.6) is 0 Å². The number of rotatable bonds is 4. The first-order valence-electron chi connectivity index (χ1n) is 7.51. The Bertz CT molecular complexity index is 756. The molecule has 0 aliphatic carbocycles. The van der Waals surface area contributed by atoms with Crippen molar-refractivity contribution < 1.29 is 4.79 Å². The van der Waals surface area contributed by atoms with Crippen LogP contribution in [0, 0.1) is 0 Å². The summed E-state index contributed by atoms with van der Waals surface area (Å²) in [4.78, 5) is 16.7. The predicted octanol–water partition coefficient (Wildman–Crippen LogP) is 3.39. The second kappa shape index (κ2) is 6.02. The van der Waals surface area contributed by atoms with Gasteiger partial charge in [-0.15, -0.1) is 0 Å². The van der Waals surface area contributed by atoms with E-state index >= 15 is 0 Å². The molecule has 4 nitrogen and oxygen atoms in total. The Labute approximate surface area is 129 Å². The van der Waals surface area contributed by atoms with E-state index in [4.69, 9.17) is 0 Å². The van der Waals surface area contributed by atoms with Crippen molar-refractivity contribution in [3.05, 3.63) is 71.7 Å². The molecule has 0 spiro atoms. The molecule has 1 amide bonds. The molecule has 0 aliphatic heterocycles. The summed E-state index contributed by atoms with van der Waals surface area (Å²) in [5.74, 6) is -0.157. The number of fused-ring (bicyclic) bond motifs is 1. The first-order chi connectivity index (χ1) is 10.7. The summed E-state index contributed by atoms with van der Waals surface area (Å²) in [7, 11) is 0. The molecule has 0 saturated carbocycles. The van der Waals surface area contributed by atoms with Crippen molar-refractivity contribution in [3.8, 4) is 0 Å². The maximum Gasteiger partial charge on any atom is 0.271 e. The van der Waals surface area contributed by atoms with E-state index < -0.39 is 0 Å². The third-order valence-electron chi connectivity index (χ3n) is 3.83. The SMILES string of the molecule is CCc1ccc([C@H](C)NC(=O)c2cn3ccccc3n2)cc1. The number of pyridine rings is 1. The maximum absolute atomic E-state index is 12.3. The second-order valence-corrected chi connectivity index (χ2v) is 5.38. The second-order valence-electron chi connectivity index (χ2n) is 5.38. The van der Waals surface area contributed by atoms with Crippen LogP contribution in [0.1, 0.15) is 41.5 Å². The molecule has 3 rings (SSSR count). The van der Waals surface area contributed by atoms with Gasteiger partial charge < -0.3 is 9.72 Å². The van der Waals surface area contributed by atoms with Crippen LogP contribution < -0.4 is 5.32 Å². The normalized spacial score (nSPS) is 12.3. The highest BCUT2D eigenvalue weighted by Crippen LogP contribution is 2.15. The summed E-state index contributed by atoms with van der Waals surface area (Å²) in [6.07, 6.45) is 4.64. The zero-order valence-electron chi connectivity index (χ0n) is 12.8. The van der Waals surface area contributed by atoms with Gasteiger partial charge in [0.15, 0.2) is 0 Å². The molecular weight excluding hydrogens is 274 g/mol. The van der Waals surface area contributed by atoms with Gasteiger partial charge in [-0.1, -0.05) is 37.3 Å². The van der Waals surface area contributed by atoms with Crippen molar-refractivity contribution in [1.29, 1.82) is 0 Å². The average molecular weight is 293 g/mol. The molecule has 1 N–H and O–H groups in total. The topological polar surface area (TPSA) is 46.4 Å². The largest absolute Gasteiger partial charge is 0.344 e. The zero-order valence-corrected chi connectivity index (χ0v) is 12.8. The van der Waals surface area contributed by atoms with E-state index in [9.17, 15) is 4.79 Å². The van der Waals surface area contributed by atoms with Gasteiger partial charge >= 0.3 is 0 Å². The molecule has 4 heteroatoms. The molecule has 112 valence electrons. The predicted molar refractivity (Wildman–Crippen MR) is 86.9 cm³/mol. The van der Waals surface area contributed by atoms with Crippen LogP contribution in [0.3, 0.4) is 0 Å². The van der Waals surface area contributed by atoms with Gasteiger partial charge in [0, 0.05) is 12.4 Å². The molecule has 2 heterocycles. The third kappa shape index (κ3) is 2.86. The number of carbonyl (C=O) groups excluding carboxylic acids is 1. The Morgan fingerprint density at radius 3 is 2.68 bits per heavy atom. The molecular formula is C18H19N3O. The van der Waals surface area contributed by atoms with Crippen LogP contribution in [-0.2, 0) is 6.42 Å². The fraction of sp³-hybridized carbons (Fsp3) is 0.222. The lowest BCUT2D eigenvalue weighted by Gasteiger charge is -2.13. The number of nitrogens with one attached hydrogen (secondary N) is 1. The Balaban J connectivity index is 1.74. The number of aryl methyl sites for hydroxylation is 1. The summed E-state index contributed by atoms with van der Waals surface area (Å²) < 4.78 is 1.84. The van der Waals surface area contributed by atoms with Crippen molar-refractivity contribution in [2.75, 3.05) is 0 Å². The number of aromatic nitrogens is 2. The summed E-state index contributed by atoms with van der Waals surface area (Å²) in [6, 6.07) is 14.0. The van der Waals surface area contributed by atoms with E-state index in [2.05, 4.69) is 41.5 Å². The summed E-state index contributed by atoms with van der Waals surface area (Å²) >= 11 is 0. The van der Waals surface area contributed by atoms with Crippen LogP contribution in [0.4, 0.5) is 0 Å². The monoisotopic (exact) mass is 293 g/mol. The van der Waals surface area contributed by atoms with Crippen molar-refractivity contribution in [2.45, 2.75) is 26.3 Å². The van der Waals surface area contributed by atoms with Crippen molar-refractivity contribution in [3.63, 3.8) is 0 Å². The molecule has 3 aromatic rings. The summed E-state index contributed by atoms with van der Waals surface area (Å²) in [5.41, 5.74) is 3.59. The Hall–Kier alpha value is -2.62. The number of imidazole rings is 1. The molecule has 0 aliphatic rings. The maximum atomic E-state index is 12.3. The number of benzene rings is 1. The van der Waals surface area contributed by atoms with Crippen LogP contribution in [0.15, 0.2) is 54.9 Å². The van der Waals surface area contributed by atoms with Crippen LogP contribution in [0.2, 0.25) is 0 Å². The average Bonchev–Trinajstić information content (AvgIpc) is 2.99. The molecule has 22 heavy (non-hydrogen) atoms. The van der Waals surface area contributed by atoms with Gasteiger partial charge in [-0.05, 0) is 36.6 Å². The van der Waals surface area contributed by atoms with E-state index in [-0.39, 0.29) is 11.9 Å². The van der Waals surface area contributed by atoms with Crippen molar-refractivity contribution >= 4 is 11.6 Å². The third-order valence-corrected chi connectivity index (χ3v) is 3.83. The van der Waals surface area contributed by atoms with Crippen molar-refractivity contribution in [1.82, 2.24) is 14.7 Å². The molecule has 1 aromatic carbocycles. The fourth-order valence-electron chi connectivity index (χ4n) is 2.44. The number of nitrogens with zero attached hydrogens (tertiary/aromatic N) is 2. The van der Waals surface area contributed by atoms with E-state index in [1.807, 2.05) is 35.7 Å². The Kier molecular flexibility index (Phi) is 3.92. The highest BCUT2D eigenvalue weighted by molar-refractivity contribution is 5.93. The molecule has 0 fully saturated rings. The van der Waals surface area contributed by atoms with Gasteiger partial charge in [-0.25, -0.2) is 4.98 Å². The molecule has 1 atom stereocenters. The first-order valence-corrected chi connectivity index (χ1v) is 7.51. The fourth-order valence-corrected chi connectivity index (χ4v) is 2.44. The zero-order chi connectivity index (χ0) is 15.5. The van der Waals surface area contributed by atoms with Gasteiger partial charge in [-0.2, -0.15) is 0 Å². The highest BCUT2D eigenvalue weighted by atomic mass is 16.1. The molecule has 2 aromatic heterocycles. The number of hydrogen-bond acceptors (Lipinski definition) is 2. The lowest BCUT2D eigenvalue weighted by atomic mass is 10.0. The summed E-state index contributed by atoms with van der Waals surface area (Å²) in [6.45, 7) is 4.11. The van der Waals surface area contributed by atoms with E-state index in [1.165, 1.54) is 5.56 Å². The number of amides is 1. The quantitative estimate of drug-likeness (QED) is 0.801. The van der Waals surface area contributed by atoms with E-state index in [1.54, 1.807) is 6.20 Å². The van der Waals surface area contributed by atoms with Crippen molar-refractivity contribution in [2.24, 2.45) is 0 Å². The van der Waals surface area contributed by atoms with Crippen LogP contribution in [-0.4, -0.2) is 15.3 Å². The van der Waals surface area contributed by atoms with Crippen LogP contribution >= 0.6 is 0 Å². The minimum Gasteiger partial charge on any atom is -0.344 e. The molecule has 0 bridgehead atoms. The number of carbonyl (C=O) groups is 1. The smallest absolute Gasteiger partial charge is 0.271 e. The molecule has 0 radical (unpaired) electrons. The minimum atomic E-state index is -0.157. The van der Waals surface area contributed by atoms with Crippen LogP contribution in [0.25, 0.3) is 5.65 Å². The minimum absolute atomic E-state index is 0.0526. The lowest BCUT2D eigenvalue weighted by molar-refractivity contribution is 0.0935. The lowest BCUT2D eigenvalue weighted by Crippen LogP contribution is -2.26. The highest BCUT2D eigenvalue weighted by Gasteiger charge is 2.14. The van der Waals surface area contributed by atoms with Gasteiger partial charge in [0.2, 0.25) is 0 Å². The Morgan fingerprint density at radius 2 is 2.00 bits per heavy atom. The number of hydrogen-bond donors (Lipinski definition) is 1. The first kappa shape index (κ1) is 14.3. The van der Waals surface area contributed by atoms with Gasteiger partial charge in [0.1, 0.15) is 11.3 Å². The summed E-state index contributed by atoms with van der Waals surface area (Å²) in [5, 5.41) is 3.00. The standard InChI is InChI=1S/C18H19N3O/c1-3-14-7-9-15(10-8-14)13(2)19-18(22)16-12-21-11-5-4-6-17(21)20-16/h4-13H,3H2,1-2H3,(H,19,22)/t13-/m0/s1. The van der Waals surface area contributed by atoms with Gasteiger partial charge in [0.05, 0.1) is 6.04 Å². The van der Waals surface area contributed by atoms with Gasteiger partial charge in [-0.3, -0.25) is 4.79 Å². The van der Waals surface area contributed by atoms with E-state index in [0.29, 0.717) is 5.69 Å². The molecule has 0 saturated heterocycles.